The quantitative estimate of drug-likeness (QED) is 0.0344. The lowest BCUT2D eigenvalue weighted by Crippen LogP contribution is -2.30. The lowest BCUT2D eigenvalue weighted by molar-refractivity contribution is -0.167. The molecule has 0 aromatic heterocycles. The SMILES string of the molecule is CCCCCCCCCCCCCCC(=O)O[C@H](COC(=O)CCCCCCCCCCCCCCCCCCCCC(C)CC)COC(=O)CCCCCCCCCCCCC(C)C. The van der Waals surface area contributed by atoms with Gasteiger partial charge in [0.15, 0.2) is 6.10 Å². The second-order valence-corrected chi connectivity index (χ2v) is 21.0. The van der Waals surface area contributed by atoms with Gasteiger partial charge in [0.1, 0.15) is 13.2 Å². The van der Waals surface area contributed by atoms with Gasteiger partial charge in [-0.25, -0.2) is 0 Å². The molecule has 0 bridgehead atoms. The Bertz CT molecular complexity index is 995. The van der Waals surface area contributed by atoms with Gasteiger partial charge < -0.3 is 14.2 Å². The first-order valence-electron chi connectivity index (χ1n) is 29.3. The van der Waals surface area contributed by atoms with Crippen molar-refractivity contribution in [2.24, 2.45) is 11.8 Å². The second kappa shape index (κ2) is 51.8. The number of carbonyl (C=O) groups is 3. The first-order valence-corrected chi connectivity index (χ1v) is 29.3. The van der Waals surface area contributed by atoms with Crippen LogP contribution in [0.25, 0.3) is 0 Å². The van der Waals surface area contributed by atoms with Gasteiger partial charge in [0.2, 0.25) is 0 Å². The third-order valence-corrected chi connectivity index (χ3v) is 13.8. The monoisotopic (exact) mass is 919 g/mol. The minimum absolute atomic E-state index is 0.0627. The lowest BCUT2D eigenvalue weighted by atomic mass is 9.99. The van der Waals surface area contributed by atoms with Crippen LogP contribution in [0.2, 0.25) is 0 Å². The number of rotatable bonds is 53. The zero-order valence-corrected chi connectivity index (χ0v) is 44.6. The summed E-state index contributed by atoms with van der Waals surface area (Å²) in [7, 11) is 0. The van der Waals surface area contributed by atoms with E-state index in [1.54, 1.807) is 0 Å². The highest BCUT2D eigenvalue weighted by Crippen LogP contribution is 2.19. The first-order chi connectivity index (χ1) is 31.8. The van der Waals surface area contributed by atoms with Gasteiger partial charge in [-0.3, -0.25) is 14.4 Å². The van der Waals surface area contributed by atoms with Gasteiger partial charge in [0.05, 0.1) is 0 Å². The van der Waals surface area contributed by atoms with Crippen LogP contribution in [0.15, 0.2) is 0 Å². The molecule has 0 heterocycles. The molecule has 0 aromatic carbocycles. The molecule has 0 aliphatic carbocycles. The van der Waals surface area contributed by atoms with Gasteiger partial charge in [0, 0.05) is 19.3 Å². The number of hydrogen-bond acceptors (Lipinski definition) is 6. The maximum atomic E-state index is 12.8. The van der Waals surface area contributed by atoms with Crippen molar-refractivity contribution in [3.8, 4) is 0 Å². The highest BCUT2D eigenvalue weighted by atomic mass is 16.6. The number of ether oxygens (including phenoxy) is 3. The van der Waals surface area contributed by atoms with E-state index in [9.17, 15) is 14.4 Å². The van der Waals surface area contributed by atoms with Crippen molar-refractivity contribution in [3.63, 3.8) is 0 Å². The van der Waals surface area contributed by atoms with Crippen LogP contribution in [0.3, 0.4) is 0 Å². The summed E-state index contributed by atoms with van der Waals surface area (Å²) in [5.41, 5.74) is 0. The molecule has 65 heavy (non-hydrogen) atoms. The van der Waals surface area contributed by atoms with Crippen molar-refractivity contribution < 1.29 is 28.6 Å². The van der Waals surface area contributed by atoms with Crippen LogP contribution in [0.5, 0.6) is 0 Å². The minimum atomic E-state index is -0.762. The smallest absolute Gasteiger partial charge is 0.306 e. The van der Waals surface area contributed by atoms with Gasteiger partial charge in [-0.15, -0.1) is 0 Å². The fourth-order valence-electron chi connectivity index (χ4n) is 9.02. The maximum Gasteiger partial charge on any atom is 0.306 e. The average Bonchev–Trinajstić information content (AvgIpc) is 3.29. The predicted molar refractivity (Wildman–Crippen MR) is 280 cm³/mol. The maximum absolute atomic E-state index is 12.8. The zero-order chi connectivity index (χ0) is 47.5. The Kier molecular flexibility index (Phi) is 50.5. The minimum Gasteiger partial charge on any atom is -0.462 e. The molecule has 0 aliphatic rings. The first kappa shape index (κ1) is 63.4. The van der Waals surface area contributed by atoms with Crippen LogP contribution in [-0.4, -0.2) is 37.2 Å². The molecule has 386 valence electrons. The highest BCUT2D eigenvalue weighted by molar-refractivity contribution is 5.71. The summed E-state index contributed by atoms with van der Waals surface area (Å²) in [4.78, 5) is 38.1. The zero-order valence-electron chi connectivity index (χ0n) is 44.6. The molecule has 0 saturated heterocycles. The molecule has 0 radical (unpaired) electrons. The van der Waals surface area contributed by atoms with Crippen LogP contribution in [0.1, 0.15) is 330 Å². The predicted octanol–water partition coefficient (Wildman–Crippen LogP) is 19.3. The standard InChI is InChI=1S/C59H114O6/c1-6-8-9-10-11-12-13-23-31-36-41-46-51-59(62)65-56(53-64-58(61)50-45-40-35-30-26-25-27-32-37-42-47-54(3)4)52-63-57(60)49-44-39-34-29-24-21-19-17-15-14-16-18-20-22-28-33-38-43-48-55(5)7-2/h54-56H,6-53H2,1-5H3/t55?,56-/m1/s1. The third kappa shape index (κ3) is 51.6. The molecular formula is C59H114O6. The molecule has 0 fully saturated rings. The Morgan fingerprint density at radius 1 is 0.323 bits per heavy atom. The summed E-state index contributed by atoms with van der Waals surface area (Å²) in [5, 5.41) is 0. The Morgan fingerprint density at radius 3 is 0.877 bits per heavy atom. The fraction of sp³-hybridized carbons (Fsp3) is 0.949. The van der Waals surface area contributed by atoms with E-state index in [0.29, 0.717) is 19.3 Å². The van der Waals surface area contributed by atoms with Gasteiger partial charge in [-0.05, 0) is 31.1 Å². The van der Waals surface area contributed by atoms with Crippen molar-refractivity contribution in [3.05, 3.63) is 0 Å². The van der Waals surface area contributed by atoms with Crippen LogP contribution < -0.4 is 0 Å². The van der Waals surface area contributed by atoms with E-state index >= 15 is 0 Å². The topological polar surface area (TPSA) is 78.9 Å². The van der Waals surface area contributed by atoms with E-state index in [1.165, 1.54) is 218 Å². The summed E-state index contributed by atoms with van der Waals surface area (Å²) in [6.07, 6.45) is 55.2. The fourth-order valence-corrected chi connectivity index (χ4v) is 9.02. The van der Waals surface area contributed by atoms with E-state index < -0.39 is 6.10 Å². The van der Waals surface area contributed by atoms with E-state index in [0.717, 1.165) is 69.6 Å². The third-order valence-electron chi connectivity index (χ3n) is 13.8. The Hall–Kier alpha value is -1.59. The van der Waals surface area contributed by atoms with Crippen LogP contribution in [0.4, 0.5) is 0 Å². The molecule has 2 atom stereocenters. The second-order valence-electron chi connectivity index (χ2n) is 21.0. The van der Waals surface area contributed by atoms with Crippen molar-refractivity contribution >= 4 is 17.9 Å². The van der Waals surface area contributed by atoms with Crippen molar-refractivity contribution in [1.82, 2.24) is 0 Å². The lowest BCUT2D eigenvalue weighted by Gasteiger charge is -2.18. The molecule has 1 unspecified atom stereocenters. The molecule has 0 N–H and O–H groups in total. The summed E-state index contributed by atoms with van der Waals surface area (Å²) in [5.74, 6) is 0.888. The number of carbonyl (C=O) groups excluding carboxylic acids is 3. The summed E-state index contributed by atoms with van der Waals surface area (Å²) < 4.78 is 16.9. The summed E-state index contributed by atoms with van der Waals surface area (Å²) >= 11 is 0. The Balaban J connectivity index is 4.21. The Morgan fingerprint density at radius 2 is 0.585 bits per heavy atom. The number of esters is 3. The van der Waals surface area contributed by atoms with E-state index in [1.807, 2.05) is 0 Å². The van der Waals surface area contributed by atoms with Crippen LogP contribution in [-0.2, 0) is 28.6 Å². The van der Waals surface area contributed by atoms with Gasteiger partial charge in [-0.2, -0.15) is 0 Å². The van der Waals surface area contributed by atoms with E-state index in [2.05, 4.69) is 34.6 Å². The van der Waals surface area contributed by atoms with Crippen molar-refractivity contribution in [2.75, 3.05) is 13.2 Å². The van der Waals surface area contributed by atoms with Crippen molar-refractivity contribution in [1.29, 1.82) is 0 Å². The van der Waals surface area contributed by atoms with Gasteiger partial charge >= 0.3 is 17.9 Å². The van der Waals surface area contributed by atoms with Crippen LogP contribution >= 0.6 is 0 Å². The molecule has 0 saturated carbocycles. The molecule has 0 spiro atoms. The summed E-state index contributed by atoms with van der Waals surface area (Å²) in [6, 6.07) is 0. The van der Waals surface area contributed by atoms with E-state index in [4.69, 9.17) is 14.2 Å². The number of hydrogen-bond donors (Lipinski definition) is 0. The summed E-state index contributed by atoms with van der Waals surface area (Å²) in [6.45, 7) is 11.4. The molecule has 0 rings (SSSR count). The Labute approximate surface area is 406 Å². The van der Waals surface area contributed by atoms with Gasteiger partial charge in [0.25, 0.3) is 0 Å². The molecule has 0 aliphatic heterocycles. The highest BCUT2D eigenvalue weighted by Gasteiger charge is 2.19. The van der Waals surface area contributed by atoms with Crippen molar-refractivity contribution in [2.45, 2.75) is 336 Å². The molecule has 0 aromatic rings. The van der Waals surface area contributed by atoms with E-state index in [-0.39, 0.29) is 31.1 Å². The van der Waals surface area contributed by atoms with Crippen LogP contribution in [0, 0.1) is 11.8 Å². The number of unbranched alkanes of at least 4 members (excludes halogenated alkanes) is 37. The molecule has 6 heteroatoms. The molecule has 6 nitrogen and oxygen atoms in total. The van der Waals surface area contributed by atoms with Gasteiger partial charge in [-0.1, -0.05) is 291 Å². The largest absolute Gasteiger partial charge is 0.462 e. The molecule has 0 amide bonds. The normalized spacial score (nSPS) is 12.5. The molecular weight excluding hydrogens is 805 g/mol. The average molecular weight is 920 g/mol.